The van der Waals surface area contributed by atoms with E-state index in [1.165, 1.54) is 6.20 Å². The Kier molecular flexibility index (Phi) is 5.17. The summed E-state index contributed by atoms with van der Waals surface area (Å²) in [5.41, 5.74) is 0. The minimum absolute atomic E-state index is 0.318. The first-order chi connectivity index (χ1) is 9.57. The Labute approximate surface area is 121 Å². The lowest BCUT2D eigenvalue weighted by Crippen LogP contribution is -2.28. The van der Waals surface area contributed by atoms with E-state index in [9.17, 15) is 8.42 Å². The predicted molar refractivity (Wildman–Crippen MR) is 77.9 cm³/mol. The fraction of sp³-hybridized carbons (Fsp3) is 0.769. The van der Waals surface area contributed by atoms with Crippen molar-refractivity contribution >= 4 is 10.0 Å². The van der Waals surface area contributed by atoms with Crippen molar-refractivity contribution in [1.29, 1.82) is 0 Å². The second kappa shape index (κ2) is 6.69. The molecular weight excluding hydrogens is 276 g/mol. The molecule has 1 saturated heterocycles. The molecule has 0 aromatic carbocycles. The van der Waals surface area contributed by atoms with Gasteiger partial charge >= 0.3 is 0 Å². The summed E-state index contributed by atoms with van der Waals surface area (Å²) >= 11 is 0. The van der Waals surface area contributed by atoms with Crippen LogP contribution < -0.4 is 5.32 Å². The van der Waals surface area contributed by atoms with Gasteiger partial charge in [-0.1, -0.05) is 13.3 Å². The normalized spacial score (nSPS) is 20.6. The van der Waals surface area contributed by atoms with E-state index in [1.54, 1.807) is 15.2 Å². The van der Waals surface area contributed by atoms with E-state index >= 15 is 0 Å². The lowest BCUT2D eigenvalue weighted by atomic mass is 10.1. The van der Waals surface area contributed by atoms with Crippen LogP contribution in [-0.4, -0.2) is 49.2 Å². The van der Waals surface area contributed by atoms with E-state index in [2.05, 4.69) is 17.3 Å². The topological polar surface area (TPSA) is 67.2 Å². The first kappa shape index (κ1) is 15.5. The third-order valence-corrected chi connectivity index (χ3v) is 5.71. The van der Waals surface area contributed by atoms with Crippen molar-refractivity contribution in [3.8, 4) is 0 Å². The molecule has 1 aliphatic heterocycles. The van der Waals surface area contributed by atoms with E-state index in [-0.39, 0.29) is 0 Å². The van der Waals surface area contributed by atoms with Crippen LogP contribution in [0.3, 0.4) is 0 Å². The fourth-order valence-electron chi connectivity index (χ4n) is 2.52. The Morgan fingerprint density at radius 2 is 2.30 bits per heavy atom. The van der Waals surface area contributed by atoms with Gasteiger partial charge in [0.2, 0.25) is 10.0 Å². The molecule has 2 rings (SSSR count). The monoisotopic (exact) mass is 300 g/mol. The number of nitrogens with one attached hydrogen (secondary N) is 1. The molecule has 0 amide bonds. The number of aryl methyl sites for hydroxylation is 1. The van der Waals surface area contributed by atoms with E-state index in [4.69, 9.17) is 0 Å². The van der Waals surface area contributed by atoms with Crippen molar-refractivity contribution in [3.63, 3.8) is 0 Å². The summed E-state index contributed by atoms with van der Waals surface area (Å²) in [6.45, 7) is 5.01. The second-order valence-electron chi connectivity index (χ2n) is 5.32. The molecule has 6 nitrogen and oxygen atoms in total. The minimum atomic E-state index is -3.36. The fourth-order valence-corrected chi connectivity index (χ4v) is 4.00. The van der Waals surface area contributed by atoms with Crippen molar-refractivity contribution in [3.05, 3.63) is 12.4 Å². The van der Waals surface area contributed by atoms with Gasteiger partial charge in [0.1, 0.15) is 4.90 Å². The van der Waals surface area contributed by atoms with Crippen molar-refractivity contribution in [2.24, 2.45) is 5.92 Å². The molecule has 7 heteroatoms. The van der Waals surface area contributed by atoms with Gasteiger partial charge in [-0.15, -0.1) is 0 Å². The molecule has 114 valence electrons. The Morgan fingerprint density at radius 3 is 2.95 bits per heavy atom. The zero-order valence-electron chi connectivity index (χ0n) is 12.2. The van der Waals surface area contributed by atoms with E-state index in [0.717, 1.165) is 32.4 Å². The van der Waals surface area contributed by atoms with Crippen LogP contribution in [-0.2, 0) is 16.6 Å². The molecule has 0 aliphatic carbocycles. The van der Waals surface area contributed by atoms with Crippen molar-refractivity contribution in [2.45, 2.75) is 37.6 Å². The maximum atomic E-state index is 12.5. The van der Waals surface area contributed by atoms with E-state index < -0.39 is 10.0 Å². The summed E-state index contributed by atoms with van der Waals surface area (Å²) in [4.78, 5) is 0.318. The average Bonchev–Trinajstić information content (AvgIpc) is 3.08. The Balaban J connectivity index is 2.03. The number of aromatic nitrogens is 2. The quantitative estimate of drug-likeness (QED) is 0.760. The molecule has 0 spiro atoms. The Hall–Kier alpha value is -0.920. The van der Waals surface area contributed by atoms with Crippen LogP contribution in [0.25, 0.3) is 0 Å². The van der Waals surface area contributed by atoms with Crippen LogP contribution >= 0.6 is 0 Å². The van der Waals surface area contributed by atoms with Gasteiger partial charge < -0.3 is 5.32 Å². The number of rotatable bonds is 7. The molecule has 1 aromatic rings. The molecule has 1 fully saturated rings. The summed E-state index contributed by atoms with van der Waals surface area (Å²) in [5, 5.41) is 7.21. The highest BCUT2D eigenvalue weighted by molar-refractivity contribution is 7.89. The average molecular weight is 300 g/mol. The lowest BCUT2D eigenvalue weighted by Gasteiger charge is -2.14. The van der Waals surface area contributed by atoms with Gasteiger partial charge in [0, 0.05) is 25.8 Å². The third-order valence-electron chi connectivity index (χ3n) is 3.89. The van der Waals surface area contributed by atoms with Gasteiger partial charge in [-0.3, -0.25) is 4.68 Å². The summed E-state index contributed by atoms with van der Waals surface area (Å²) in [6, 6.07) is 0. The maximum Gasteiger partial charge on any atom is 0.246 e. The van der Waals surface area contributed by atoms with Gasteiger partial charge in [-0.25, -0.2) is 8.42 Å². The highest BCUT2D eigenvalue weighted by Crippen LogP contribution is 2.25. The third kappa shape index (κ3) is 3.39. The van der Waals surface area contributed by atoms with E-state index in [1.807, 2.05) is 7.05 Å². The molecule has 2 heterocycles. The van der Waals surface area contributed by atoms with Crippen molar-refractivity contribution in [2.75, 3.05) is 26.7 Å². The molecule has 1 aliphatic rings. The molecule has 1 unspecified atom stereocenters. The number of sulfonamides is 1. The van der Waals surface area contributed by atoms with Gasteiger partial charge in [-0.05, 0) is 32.4 Å². The summed E-state index contributed by atoms with van der Waals surface area (Å²) < 4.78 is 28.3. The second-order valence-corrected chi connectivity index (χ2v) is 7.26. The molecule has 0 saturated carbocycles. The van der Waals surface area contributed by atoms with Crippen LogP contribution in [0.4, 0.5) is 0 Å². The molecular formula is C13H24N4O2S. The molecule has 1 aromatic heterocycles. The Morgan fingerprint density at radius 1 is 1.50 bits per heavy atom. The van der Waals surface area contributed by atoms with Crippen molar-refractivity contribution < 1.29 is 8.42 Å². The molecule has 1 N–H and O–H groups in total. The van der Waals surface area contributed by atoms with Crippen molar-refractivity contribution in [1.82, 2.24) is 19.4 Å². The van der Waals surface area contributed by atoms with Crippen LogP contribution in [0.5, 0.6) is 0 Å². The summed E-state index contributed by atoms with van der Waals surface area (Å²) in [5.74, 6) is 0.496. The van der Waals surface area contributed by atoms with Gasteiger partial charge in [0.25, 0.3) is 0 Å². The van der Waals surface area contributed by atoms with Gasteiger partial charge in [0.15, 0.2) is 0 Å². The van der Waals surface area contributed by atoms with Gasteiger partial charge in [0.05, 0.1) is 6.20 Å². The van der Waals surface area contributed by atoms with Crippen LogP contribution in [0, 0.1) is 5.92 Å². The van der Waals surface area contributed by atoms with Crippen LogP contribution in [0.1, 0.15) is 26.2 Å². The molecule has 20 heavy (non-hydrogen) atoms. The Bertz CT molecular complexity index is 526. The zero-order valence-corrected chi connectivity index (χ0v) is 13.1. The SMILES string of the molecule is CCC1CCN(S(=O)(=O)c2cnn(CCCNC)c2)C1. The zero-order chi connectivity index (χ0) is 14.6. The lowest BCUT2D eigenvalue weighted by molar-refractivity contribution is 0.452. The first-order valence-corrected chi connectivity index (χ1v) is 8.69. The standard InChI is InChI=1S/C13H24N4O2S/c1-3-12-5-8-17(10-12)20(18,19)13-9-15-16(11-13)7-4-6-14-2/h9,11-12,14H,3-8,10H2,1-2H3. The predicted octanol–water partition coefficient (Wildman–Crippen LogP) is 0.913. The highest BCUT2D eigenvalue weighted by atomic mass is 32.2. The molecule has 0 radical (unpaired) electrons. The summed E-state index contributed by atoms with van der Waals surface area (Å²) in [7, 11) is -1.46. The largest absolute Gasteiger partial charge is 0.320 e. The molecule has 1 atom stereocenters. The highest BCUT2D eigenvalue weighted by Gasteiger charge is 2.32. The van der Waals surface area contributed by atoms with Gasteiger partial charge in [-0.2, -0.15) is 9.40 Å². The number of hydrogen-bond acceptors (Lipinski definition) is 4. The minimum Gasteiger partial charge on any atom is -0.320 e. The van der Waals surface area contributed by atoms with Crippen LogP contribution in [0.2, 0.25) is 0 Å². The van der Waals surface area contributed by atoms with E-state index in [0.29, 0.717) is 23.9 Å². The first-order valence-electron chi connectivity index (χ1n) is 7.25. The number of hydrogen-bond donors (Lipinski definition) is 1. The molecule has 0 bridgehead atoms. The number of nitrogens with zero attached hydrogens (tertiary/aromatic N) is 3. The van der Waals surface area contributed by atoms with Crippen LogP contribution in [0.15, 0.2) is 17.3 Å². The summed E-state index contributed by atoms with van der Waals surface area (Å²) in [6.07, 6.45) is 6.04. The maximum absolute atomic E-state index is 12.5. The smallest absolute Gasteiger partial charge is 0.246 e.